The van der Waals surface area contributed by atoms with Gasteiger partial charge in [0.2, 0.25) is 0 Å². The Labute approximate surface area is 233 Å². The second-order valence-corrected chi connectivity index (χ2v) is 12.4. The number of halogens is 4. The molecule has 2 fully saturated rings. The zero-order chi connectivity index (χ0) is 28.2. The number of alkyl halides is 3. The zero-order valence-corrected chi connectivity index (χ0v) is 23.1. The van der Waals surface area contributed by atoms with E-state index in [1.165, 1.54) is 17.4 Å². The summed E-state index contributed by atoms with van der Waals surface area (Å²) in [6.07, 6.45) is 1.29. The Morgan fingerprint density at radius 2 is 1.80 bits per heavy atom. The van der Waals surface area contributed by atoms with Crippen LogP contribution in [0.3, 0.4) is 0 Å². The zero-order valence-electron chi connectivity index (χ0n) is 22.3. The number of anilines is 1. The van der Waals surface area contributed by atoms with Crippen LogP contribution in [0, 0.1) is 25.1 Å². The van der Waals surface area contributed by atoms with Crippen molar-refractivity contribution in [1.82, 2.24) is 14.7 Å². The number of nitrogens with one attached hydrogen (secondary N) is 1. The van der Waals surface area contributed by atoms with Crippen molar-refractivity contribution in [2.24, 2.45) is 5.41 Å². The van der Waals surface area contributed by atoms with Gasteiger partial charge in [-0.15, -0.1) is 11.3 Å². The Balaban J connectivity index is 1.03. The summed E-state index contributed by atoms with van der Waals surface area (Å²) in [6, 6.07) is 10.6. The molecule has 5 nitrogen and oxygen atoms in total. The molecule has 1 aliphatic heterocycles. The van der Waals surface area contributed by atoms with Crippen molar-refractivity contribution in [3.8, 4) is 0 Å². The molecule has 1 spiro atoms. The number of carbonyl (C=O) groups excluding carboxylic acids is 1. The van der Waals surface area contributed by atoms with E-state index >= 15 is 4.39 Å². The largest absolute Gasteiger partial charge is 0.416 e. The summed E-state index contributed by atoms with van der Waals surface area (Å²) in [6.45, 7) is 5.57. The van der Waals surface area contributed by atoms with Gasteiger partial charge in [0, 0.05) is 36.4 Å². The predicted molar refractivity (Wildman–Crippen MR) is 147 cm³/mol. The van der Waals surface area contributed by atoms with Gasteiger partial charge in [0.15, 0.2) is 4.96 Å². The molecule has 2 aromatic heterocycles. The predicted octanol–water partition coefficient (Wildman–Crippen LogP) is 7.26. The fourth-order valence-electron chi connectivity index (χ4n) is 6.33. The van der Waals surface area contributed by atoms with Gasteiger partial charge in [0.05, 0.1) is 11.3 Å². The molecule has 6 rings (SSSR count). The second kappa shape index (κ2) is 9.90. The van der Waals surface area contributed by atoms with Crippen LogP contribution in [0.2, 0.25) is 0 Å². The standard InChI is InChI=1S/C30H30F4N4OS/c1-18-17-38-26(19(2)36-28(38)40-18)27(39)35-16-20-3-8-24(25(31)13-20)21-14-29(15-21)9-11-37(12-10-29)23-6-4-22(5-7-23)30(32,33)34/h3-8,13,17,21H,9-12,14-16H2,1-2H3,(H,35,39). The summed E-state index contributed by atoms with van der Waals surface area (Å²) in [5, 5.41) is 2.90. The molecule has 0 unspecified atom stereocenters. The summed E-state index contributed by atoms with van der Waals surface area (Å²) in [5.41, 5.74) is 2.92. The first-order chi connectivity index (χ1) is 19.0. The number of hydrogen-bond acceptors (Lipinski definition) is 4. The van der Waals surface area contributed by atoms with Crippen molar-refractivity contribution in [2.75, 3.05) is 18.0 Å². The maximum absolute atomic E-state index is 15.1. The first-order valence-corrected chi connectivity index (χ1v) is 14.3. The number of amides is 1. The van der Waals surface area contributed by atoms with E-state index in [1.807, 2.05) is 32.2 Å². The fraction of sp³-hybridized carbons (Fsp3) is 0.400. The minimum atomic E-state index is -4.33. The maximum Gasteiger partial charge on any atom is 0.416 e. The molecule has 1 saturated carbocycles. The number of carbonyl (C=O) groups is 1. The van der Waals surface area contributed by atoms with Crippen LogP contribution in [0.1, 0.15) is 69.4 Å². The van der Waals surface area contributed by atoms with Crippen molar-refractivity contribution < 1.29 is 22.4 Å². The summed E-state index contributed by atoms with van der Waals surface area (Å²) in [4.78, 5) is 21.3. The van der Waals surface area contributed by atoms with E-state index in [2.05, 4.69) is 15.2 Å². The van der Waals surface area contributed by atoms with E-state index < -0.39 is 11.7 Å². The van der Waals surface area contributed by atoms with Crippen molar-refractivity contribution in [3.63, 3.8) is 0 Å². The van der Waals surface area contributed by atoms with Crippen LogP contribution >= 0.6 is 11.3 Å². The SMILES string of the molecule is Cc1cn2c(C(=O)NCc3ccc(C4CC5(CCN(c6ccc(C(F)(F)F)cc6)CC5)C4)c(F)c3)c(C)nc2s1. The van der Waals surface area contributed by atoms with E-state index in [0.717, 1.165) is 66.4 Å². The van der Waals surface area contributed by atoms with E-state index in [4.69, 9.17) is 0 Å². The van der Waals surface area contributed by atoms with Gasteiger partial charge in [0.1, 0.15) is 11.5 Å². The molecule has 0 radical (unpaired) electrons. The lowest BCUT2D eigenvalue weighted by Gasteiger charge is -2.53. The number of hydrogen-bond donors (Lipinski definition) is 1. The van der Waals surface area contributed by atoms with Gasteiger partial charge in [-0.3, -0.25) is 9.20 Å². The molecular weight excluding hydrogens is 540 g/mol. The molecule has 40 heavy (non-hydrogen) atoms. The number of imidazole rings is 1. The van der Waals surface area contributed by atoms with Crippen LogP contribution < -0.4 is 10.2 Å². The average Bonchev–Trinajstić information content (AvgIpc) is 3.39. The van der Waals surface area contributed by atoms with Crippen LogP contribution in [-0.4, -0.2) is 28.4 Å². The third kappa shape index (κ3) is 4.98. The lowest BCUT2D eigenvalue weighted by atomic mass is 9.56. The highest BCUT2D eigenvalue weighted by Crippen LogP contribution is 2.57. The third-order valence-electron chi connectivity index (χ3n) is 8.53. The lowest BCUT2D eigenvalue weighted by Crippen LogP contribution is -2.46. The number of aryl methyl sites for hydroxylation is 2. The van der Waals surface area contributed by atoms with Crippen molar-refractivity contribution >= 4 is 27.9 Å². The molecule has 0 atom stereocenters. The Hall–Kier alpha value is -3.40. The highest BCUT2D eigenvalue weighted by Gasteiger charge is 2.47. The van der Waals surface area contributed by atoms with Gasteiger partial charge >= 0.3 is 6.18 Å². The molecule has 1 aliphatic carbocycles. The molecule has 1 N–H and O–H groups in total. The Morgan fingerprint density at radius 3 is 2.45 bits per heavy atom. The number of rotatable bonds is 5. The first-order valence-electron chi connectivity index (χ1n) is 13.5. The smallest absolute Gasteiger partial charge is 0.371 e. The molecule has 10 heteroatoms. The maximum atomic E-state index is 15.1. The van der Waals surface area contributed by atoms with Gasteiger partial charge in [-0.2, -0.15) is 13.2 Å². The van der Waals surface area contributed by atoms with Crippen molar-refractivity contribution in [1.29, 1.82) is 0 Å². The van der Waals surface area contributed by atoms with Gasteiger partial charge < -0.3 is 10.2 Å². The van der Waals surface area contributed by atoms with Crippen LogP contribution in [0.25, 0.3) is 4.96 Å². The summed E-state index contributed by atoms with van der Waals surface area (Å²) >= 11 is 1.53. The normalized spacial score (nSPS) is 17.4. The Kier molecular flexibility index (Phi) is 6.64. The molecule has 4 aromatic rings. The minimum Gasteiger partial charge on any atom is -0.371 e. The molecular formula is C30H30F4N4OS. The van der Waals surface area contributed by atoms with Gasteiger partial charge in [-0.25, -0.2) is 9.37 Å². The van der Waals surface area contributed by atoms with Gasteiger partial charge in [-0.05, 0) is 92.3 Å². The van der Waals surface area contributed by atoms with Crippen molar-refractivity contribution in [2.45, 2.75) is 58.2 Å². The van der Waals surface area contributed by atoms with E-state index in [9.17, 15) is 18.0 Å². The Bertz CT molecular complexity index is 1560. The molecule has 210 valence electrons. The topological polar surface area (TPSA) is 49.6 Å². The number of benzene rings is 2. The van der Waals surface area contributed by atoms with Crippen LogP contribution in [-0.2, 0) is 12.7 Å². The third-order valence-corrected chi connectivity index (χ3v) is 9.43. The number of aromatic nitrogens is 2. The van der Waals surface area contributed by atoms with Crippen LogP contribution in [0.15, 0.2) is 48.7 Å². The van der Waals surface area contributed by atoms with Gasteiger partial charge in [-0.1, -0.05) is 12.1 Å². The highest BCUT2D eigenvalue weighted by atomic mass is 32.1. The minimum absolute atomic E-state index is 0.158. The number of fused-ring (bicyclic) bond motifs is 1. The summed E-state index contributed by atoms with van der Waals surface area (Å²) < 4.78 is 55.5. The highest BCUT2D eigenvalue weighted by molar-refractivity contribution is 7.17. The van der Waals surface area contributed by atoms with E-state index in [-0.39, 0.29) is 29.6 Å². The average molecular weight is 571 g/mol. The first kappa shape index (κ1) is 26.8. The molecule has 3 heterocycles. The molecule has 2 aromatic carbocycles. The van der Waals surface area contributed by atoms with Crippen LogP contribution in [0.4, 0.5) is 23.2 Å². The van der Waals surface area contributed by atoms with E-state index in [0.29, 0.717) is 22.5 Å². The number of piperidine rings is 1. The number of nitrogens with zero attached hydrogens (tertiary/aromatic N) is 3. The van der Waals surface area contributed by atoms with Gasteiger partial charge in [0.25, 0.3) is 5.91 Å². The van der Waals surface area contributed by atoms with Crippen LogP contribution in [0.5, 0.6) is 0 Å². The van der Waals surface area contributed by atoms with E-state index in [1.54, 1.807) is 16.5 Å². The van der Waals surface area contributed by atoms with Crippen molar-refractivity contribution in [3.05, 3.63) is 87.4 Å². The molecule has 1 amide bonds. The second-order valence-electron chi connectivity index (χ2n) is 11.2. The monoisotopic (exact) mass is 570 g/mol. The quantitative estimate of drug-likeness (QED) is 0.257. The lowest BCUT2D eigenvalue weighted by molar-refractivity contribution is -0.137. The molecule has 1 saturated heterocycles. The number of thiazole rings is 1. The molecule has 2 aliphatic rings. The fourth-order valence-corrected chi connectivity index (χ4v) is 7.20. The summed E-state index contributed by atoms with van der Waals surface area (Å²) in [7, 11) is 0. The summed E-state index contributed by atoms with van der Waals surface area (Å²) in [5.74, 6) is -0.327. The Morgan fingerprint density at radius 1 is 1.10 bits per heavy atom. The molecule has 0 bridgehead atoms.